The van der Waals surface area contributed by atoms with Gasteiger partial charge < -0.3 is 24.3 Å². The van der Waals surface area contributed by atoms with Gasteiger partial charge in [0.05, 0.1) is 26.4 Å². The van der Waals surface area contributed by atoms with Crippen molar-refractivity contribution in [1.82, 2.24) is 19.4 Å². The number of hydrogen-bond acceptors (Lipinski definition) is 7. The molecule has 3 heterocycles. The number of aromatic nitrogens is 3. The fourth-order valence-corrected chi connectivity index (χ4v) is 5.90. The molecule has 0 bridgehead atoms. The Kier molecular flexibility index (Phi) is 9.42. The van der Waals surface area contributed by atoms with Crippen LogP contribution in [0.25, 0.3) is 22.2 Å². The molecule has 214 valence electrons. The first-order chi connectivity index (χ1) is 18.8. The zero-order chi connectivity index (χ0) is 29.1. The molecule has 0 saturated carbocycles. The minimum atomic E-state index is -1.20. The van der Waals surface area contributed by atoms with Crippen molar-refractivity contribution in [3.8, 4) is 17.3 Å². The quantitative estimate of drug-likeness (QED) is 0.161. The van der Waals surface area contributed by atoms with E-state index in [0.717, 1.165) is 44.6 Å². The fourth-order valence-electron chi connectivity index (χ4n) is 4.59. The Morgan fingerprint density at radius 2 is 2.08 bits per heavy atom. The molecule has 1 fully saturated rings. The van der Waals surface area contributed by atoms with Crippen LogP contribution < -0.4 is 5.32 Å². The number of fused-ring (bicyclic) bond motifs is 1. The summed E-state index contributed by atoms with van der Waals surface area (Å²) in [6.45, 7) is 15.0. The summed E-state index contributed by atoms with van der Waals surface area (Å²) in [6.07, 6.45) is 5.37. The molecular weight excluding hydrogens is 635 g/mol. The molecule has 9 nitrogen and oxygen atoms in total. The highest BCUT2D eigenvalue weighted by Gasteiger charge is 2.28. The predicted octanol–water partition coefficient (Wildman–Crippen LogP) is 6.70. The van der Waals surface area contributed by atoms with Crippen LogP contribution in [0, 0.1) is 14.9 Å². The summed E-state index contributed by atoms with van der Waals surface area (Å²) < 4.78 is 14.6. The lowest BCUT2D eigenvalue weighted by atomic mass is 10.1. The van der Waals surface area contributed by atoms with Gasteiger partial charge in [0.1, 0.15) is 12.3 Å². The molecule has 1 saturated heterocycles. The van der Waals surface area contributed by atoms with Crippen LogP contribution in [0.4, 0.5) is 10.7 Å². The van der Waals surface area contributed by atoms with Gasteiger partial charge in [-0.15, -0.1) is 0 Å². The van der Waals surface area contributed by atoms with Crippen LogP contribution in [0.15, 0.2) is 30.6 Å². The van der Waals surface area contributed by atoms with Crippen molar-refractivity contribution in [3.05, 3.63) is 39.7 Å². The lowest BCUT2D eigenvalue weighted by Crippen LogP contribution is -2.47. The van der Waals surface area contributed by atoms with E-state index in [4.69, 9.17) is 14.5 Å². The van der Waals surface area contributed by atoms with Crippen LogP contribution in [0.5, 0.6) is 0 Å². The summed E-state index contributed by atoms with van der Waals surface area (Å²) >= 11 is 2.26. The van der Waals surface area contributed by atoms with Crippen molar-refractivity contribution < 1.29 is 14.3 Å². The second-order valence-electron chi connectivity index (χ2n) is 12.5. The van der Waals surface area contributed by atoms with Crippen LogP contribution in [0.1, 0.15) is 39.2 Å². The minimum Gasteiger partial charge on any atom is -0.444 e. The number of halogens is 1. The third-order valence-corrected chi connectivity index (χ3v) is 9.14. The number of ether oxygens (including phenoxy) is 2. The number of nitriles is 1. The Balaban J connectivity index is 1.57. The smallest absolute Gasteiger partial charge is 0.410 e. The Labute approximate surface area is 251 Å². The maximum absolute atomic E-state index is 12.6. The summed E-state index contributed by atoms with van der Waals surface area (Å²) in [5.74, 6) is 0.521. The Hall–Kier alpha value is -2.69. The summed E-state index contributed by atoms with van der Waals surface area (Å²) in [5.41, 5.74) is 2.78. The van der Waals surface area contributed by atoms with E-state index >= 15 is 0 Å². The van der Waals surface area contributed by atoms with Gasteiger partial charge in [0.2, 0.25) is 5.95 Å². The molecule has 3 aromatic rings. The van der Waals surface area contributed by atoms with E-state index in [1.807, 2.05) is 45.2 Å². The van der Waals surface area contributed by atoms with Gasteiger partial charge in [-0.05, 0) is 74.4 Å². The molecule has 1 atom stereocenters. The van der Waals surface area contributed by atoms with E-state index in [2.05, 4.69) is 69.4 Å². The molecule has 11 heteroatoms. The number of amides is 1. The van der Waals surface area contributed by atoms with Crippen molar-refractivity contribution in [3.63, 3.8) is 0 Å². The first kappa shape index (κ1) is 30.3. The molecule has 40 heavy (non-hydrogen) atoms. The zero-order valence-corrected chi connectivity index (χ0v) is 27.4. The maximum Gasteiger partial charge on any atom is 0.410 e. The number of likely N-dealkylation sites (tertiary alicyclic amines) is 1. The van der Waals surface area contributed by atoms with Gasteiger partial charge in [-0.1, -0.05) is 25.7 Å². The van der Waals surface area contributed by atoms with E-state index in [1.165, 1.54) is 0 Å². The Bertz CT molecular complexity index is 1410. The highest BCUT2D eigenvalue weighted by Crippen LogP contribution is 2.33. The number of anilines is 1. The maximum atomic E-state index is 12.6. The topological polar surface area (TPSA) is 105 Å². The number of rotatable bonds is 8. The number of carbonyl (C=O) groups excluding carboxylic acids is 1. The van der Waals surface area contributed by atoms with Crippen LogP contribution >= 0.6 is 22.6 Å². The molecule has 0 spiro atoms. The molecule has 1 aromatic carbocycles. The largest absolute Gasteiger partial charge is 0.444 e. The SMILES string of the molecule is CC(C)(C)OC(=O)N1CCC[C@H](Nc2ncc(I)c(-c3cn(COCC[Si](C)(C)C)c4cc(C#N)ccc34)n2)C1. The van der Waals surface area contributed by atoms with Crippen molar-refractivity contribution in [2.75, 3.05) is 25.0 Å². The van der Waals surface area contributed by atoms with Gasteiger partial charge in [-0.2, -0.15) is 5.26 Å². The lowest BCUT2D eigenvalue weighted by molar-refractivity contribution is 0.0206. The van der Waals surface area contributed by atoms with Gasteiger partial charge >= 0.3 is 6.09 Å². The number of nitrogens with zero attached hydrogens (tertiary/aromatic N) is 5. The molecule has 2 aromatic heterocycles. The van der Waals surface area contributed by atoms with Crippen molar-refractivity contribution >= 4 is 53.6 Å². The van der Waals surface area contributed by atoms with Gasteiger partial charge in [-0.25, -0.2) is 14.8 Å². The van der Waals surface area contributed by atoms with Crippen molar-refractivity contribution in [2.24, 2.45) is 0 Å². The summed E-state index contributed by atoms with van der Waals surface area (Å²) in [5, 5.41) is 14.0. The molecule has 4 rings (SSSR count). The third-order valence-electron chi connectivity index (χ3n) is 6.64. The lowest BCUT2D eigenvalue weighted by Gasteiger charge is -2.34. The number of nitrogens with one attached hydrogen (secondary N) is 1. The van der Waals surface area contributed by atoms with Crippen molar-refractivity contribution in [2.45, 2.75) is 77.7 Å². The van der Waals surface area contributed by atoms with E-state index < -0.39 is 13.7 Å². The average Bonchev–Trinajstić information content (AvgIpc) is 3.24. The molecular formula is C29H39IN6O3Si. The molecule has 1 N–H and O–H groups in total. The van der Waals surface area contributed by atoms with E-state index in [9.17, 15) is 10.1 Å². The first-order valence-electron chi connectivity index (χ1n) is 13.7. The zero-order valence-electron chi connectivity index (χ0n) is 24.3. The highest BCUT2D eigenvalue weighted by molar-refractivity contribution is 14.1. The molecule has 0 aliphatic carbocycles. The van der Waals surface area contributed by atoms with Crippen LogP contribution in [-0.2, 0) is 16.2 Å². The summed E-state index contributed by atoms with van der Waals surface area (Å²) in [7, 11) is -1.20. The normalized spacial score (nSPS) is 16.1. The van der Waals surface area contributed by atoms with Crippen LogP contribution in [-0.4, -0.2) is 64.9 Å². The predicted molar refractivity (Wildman–Crippen MR) is 169 cm³/mol. The molecule has 1 aliphatic heterocycles. The Morgan fingerprint density at radius 3 is 2.77 bits per heavy atom. The standard InChI is InChI=1S/C29H39IN6O3Si/c1-29(2,3)39-28(37)35-11-7-8-21(17-35)33-27-32-16-24(30)26(34-27)23-18-36(19-38-12-13-40(4,5)6)25-14-20(15-31)9-10-22(23)25/h9-10,14,16,18,21H,7-8,11-13,17,19H2,1-6H3,(H,32,33,34)/t21-/m0/s1. The summed E-state index contributed by atoms with van der Waals surface area (Å²) in [6, 6.07) is 9.08. The van der Waals surface area contributed by atoms with Gasteiger partial charge in [-0.3, -0.25) is 0 Å². The number of benzene rings is 1. The molecule has 1 aliphatic rings. The molecule has 0 radical (unpaired) electrons. The third kappa shape index (κ3) is 7.95. The molecule has 0 unspecified atom stereocenters. The van der Waals surface area contributed by atoms with Crippen LogP contribution in [0.2, 0.25) is 25.7 Å². The van der Waals surface area contributed by atoms with E-state index in [0.29, 0.717) is 37.9 Å². The molecule has 1 amide bonds. The first-order valence-corrected chi connectivity index (χ1v) is 18.5. The summed E-state index contributed by atoms with van der Waals surface area (Å²) in [4.78, 5) is 23.9. The second-order valence-corrected chi connectivity index (χ2v) is 19.3. The van der Waals surface area contributed by atoms with Gasteiger partial charge in [0.25, 0.3) is 0 Å². The van der Waals surface area contributed by atoms with Crippen molar-refractivity contribution in [1.29, 1.82) is 5.26 Å². The highest BCUT2D eigenvalue weighted by atomic mass is 127. The fraction of sp³-hybridized carbons (Fsp3) is 0.517. The second kappa shape index (κ2) is 12.4. The number of piperidine rings is 1. The monoisotopic (exact) mass is 674 g/mol. The van der Waals surface area contributed by atoms with E-state index in [-0.39, 0.29) is 12.1 Å². The van der Waals surface area contributed by atoms with E-state index in [1.54, 1.807) is 4.90 Å². The van der Waals surface area contributed by atoms with Gasteiger partial charge in [0.15, 0.2) is 0 Å². The average molecular weight is 675 g/mol. The minimum absolute atomic E-state index is 0.0217. The number of carbonyl (C=O) groups is 1. The number of hydrogen-bond donors (Lipinski definition) is 1. The Morgan fingerprint density at radius 1 is 1.30 bits per heavy atom. The van der Waals surface area contributed by atoms with Crippen LogP contribution in [0.3, 0.4) is 0 Å². The van der Waals surface area contributed by atoms with Gasteiger partial charge in [0, 0.05) is 57.2 Å².